The highest BCUT2D eigenvalue weighted by atomic mass is 32.2. The lowest BCUT2D eigenvalue weighted by Crippen LogP contribution is -2.70. The second-order valence-electron chi connectivity index (χ2n) is 8.09. The van der Waals surface area contributed by atoms with Gasteiger partial charge in [-0.05, 0) is 27.6 Å². The van der Waals surface area contributed by atoms with Gasteiger partial charge in [0, 0.05) is 11.5 Å². The molecule has 4 N–H and O–H groups in total. The molecule has 18 heteroatoms. The highest BCUT2D eigenvalue weighted by molar-refractivity contribution is 8.01. The number of carboxylic acids is 2. The third-order valence-corrected chi connectivity index (χ3v) is 8.92. The van der Waals surface area contributed by atoms with Gasteiger partial charge in [0.05, 0.1) is 24.3 Å². The highest BCUT2D eigenvalue weighted by Gasteiger charge is 2.54. The zero-order valence-corrected chi connectivity index (χ0v) is 21.7. The van der Waals surface area contributed by atoms with E-state index in [1.807, 2.05) is 0 Å². The van der Waals surface area contributed by atoms with E-state index in [0.717, 1.165) is 22.7 Å². The number of nitrogens with zero attached hydrogens (tertiary/aromatic N) is 5. The first kappa shape index (κ1) is 27.6. The van der Waals surface area contributed by atoms with Gasteiger partial charge in [0.25, 0.3) is 16.0 Å². The van der Waals surface area contributed by atoms with E-state index in [1.165, 1.54) is 34.6 Å². The molecular formula is C20H20N6O9S3. The number of carboxylic acid groups (broad SMARTS) is 2. The van der Waals surface area contributed by atoms with E-state index >= 15 is 0 Å². The first-order valence-electron chi connectivity index (χ1n) is 10.8. The fourth-order valence-corrected chi connectivity index (χ4v) is 7.00. The molecule has 2 unspecified atom stereocenters. The van der Waals surface area contributed by atoms with Gasteiger partial charge >= 0.3 is 11.9 Å². The molecule has 1 aromatic heterocycles. The predicted molar refractivity (Wildman–Crippen MR) is 130 cm³/mol. The molecule has 3 heterocycles. The SMILES string of the molecule is O=C(O)CCn1nnnc1SCC1=C(C(=O)O)N2C(=O)C(NC(=O)Cc3ccccc3S(=O)(=O)O)C2SC1. The van der Waals surface area contributed by atoms with Crippen LogP contribution in [0.25, 0.3) is 0 Å². The summed E-state index contributed by atoms with van der Waals surface area (Å²) in [7, 11) is -4.56. The minimum absolute atomic E-state index is 0.0347. The molecule has 2 aliphatic heterocycles. The summed E-state index contributed by atoms with van der Waals surface area (Å²) in [5, 5.41) is 31.9. The van der Waals surface area contributed by atoms with E-state index < -0.39 is 56.6 Å². The van der Waals surface area contributed by atoms with Gasteiger partial charge in [-0.3, -0.25) is 23.8 Å². The Morgan fingerprint density at radius 2 is 1.95 bits per heavy atom. The van der Waals surface area contributed by atoms with Crippen LogP contribution in [0.1, 0.15) is 12.0 Å². The van der Waals surface area contributed by atoms with E-state index in [2.05, 4.69) is 20.8 Å². The Morgan fingerprint density at radius 1 is 1.21 bits per heavy atom. The number of carbonyl (C=O) groups is 4. The van der Waals surface area contributed by atoms with Crippen molar-refractivity contribution in [1.82, 2.24) is 30.4 Å². The van der Waals surface area contributed by atoms with Crippen molar-refractivity contribution in [3.05, 3.63) is 41.1 Å². The van der Waals surface area contributed by atoms with Crippen molar-refractivity contribution < 1.29 is 42.4 Å². The number of aromatic nitrogens is 4. The van der Waals surface area contributed by atoms with Crippen LogP contribution in [-0.4, -0.2) is 95.0 Å². The number of carbonyl (C=O) groups excluding carboxylic acids is 2. The molecule has 0 saturated carbocycles. The number of benzene rings is 1. The zero-order valence-electron chi connectivity index (χ0n) is 19.3. The monoisotopic (exact) mass is 584 g/mol. The molecule has 1 fully saturated rings. The fourth-order valence-electron chi connectivity index (χ4n) is 3.89. The number of nitrogens with one attached hydrogen (secondary N) is 1. The molecule has 2 aliphatic rings. The number of fused-ring (bicyclic) bond motifs is 1. The van der Waals surface area contributed by atoms with Crippen molar-refractivity contribution >= 4 is 57.4 Å². The standard InChI is InChI=1S/C20H20N6O9S3/c27-13(7-10-3-1-2-4-12(10)38(33,34)35)21-15-17(30)26-16(19(31)32)11(8-36-18(15)26)9-37-20-22-23-24-25(20)6-5-14(28)29/h1-4,15,18H,5-9H2,(H,21,27)(H,28,29)(H,31,32)(H,33,34,35). The van der Waals surface area contributed by atoms with E-state index in [1.54, 1.807) is 0 Å². The summed E-state index contributed by atoms with van der Waals surface area (Å²) in [6.07, 6.45) is -0.618. The quantitative estimate of drug-likeness (QED) is 0.148. The lowest BCUT2D eigenvalue weighted by molar-refractivity contribution is -0.150. The van der Waals surface area contributed by atoms with Gasteiger partial charge in [0.15, 0.2) is 0 Å². The van der Waals surface area contributed by atoms with Crippen LogP contribution in [0.4, 0.5) is 0 Å². The Morgan fingerprint density at radius 3 is 2.63 bits per heavy atom. The van der Waals surface area contributed by atoms with Crippen LogP contribution in [0.15, 0.2) is 45.6 Å². The molecule has 4 rings (SSSR count). The first-order chi connectivity index (χ1) is 18.0. The third-order valence-electron chi connectivity index (χ3n) is 5.58. The highest BCUT2D eigenvalue weighted by Crippen LogP contribution is 2.41. The molecule has 202 valence electrons. The Kier molecular flexibility index (Phi) is 8.05. The van der Waals surface area contributed by atoms with Gasteiger partial charge in [0.1, 0.15) is 17.1 Å². The normalized spacial score (nSPS) is 19.1. The van der Waals surface area contributed by atoms with Crippen LogP contribution < -0.4 is 5.32 Å². The van der Waals surface area contributed by atoms with Crippen molar-refractivity contribution in [3.8, 4) is 0 Å². The Bertz CT molecular complexity index is 1440. The number of hydrogen-bond donors (Lipinski definition) is 4. The number of aliphatic carboxylic acids is 2. The van der Waals surface area contributed by atoms with Crippen LogP contribution in [0, 0.1) is 0 Å². The van der Waals surface area contributed by atoms with Gasteiger partial charge < -0.3 is 15.5 Å². The molecule has 0 bridgehead atoms. The maximum absolute atomic E-state index is 12.9. The number of hydrogen-bond acceptors (Lipinski definition) is 11. The Labute approximate surface area is 223 Å². The number of β-lactam (4-membered cyclic amide) rings is 1. The first-order valence-corrected chi connectivity index (χ1v) is 14.3. The zero-order chi connectivity index (χ0) is 27.6. The van der Waals surface area contributed by atoms with Gasteiger partial charge in [-0.1, -0.05) is 30.0 Å². The topological polar surface area (TPSA) is 222 Å². The van der Waals surface area contributed by atoms with E-state index in [0.29, 0.717) is 10.7 Å². The fraction of sp³-hybridized carbons (Fsp3) is 0.350. The van der Waals surface area contributed by atoms with E-state index in [-0.39, 0.29) is 35.7 Å². The smallest absolute Gasteiger partial charge is 0.352 e. The van der Waals surface area contributed by atoms with E-state index in [4.69, 9.17) is 5.11 Å². The molecule has 15 nitrogen and oxygen atoms in total. The maximum atomic E-state index is 12.9. The summed E-state index contributed by atoms with van der Waals surface area (Å²) < 4.78 is 33.8. The number of tetrazole rings is 1. The average molecular weight is 585 g/mol. The summed E-state index contributed by atoms with van der Waals surface area (Å²) in [5.74, 6) is -3.29. The minimum atomic E-state index is -4.56. The summed E-state index contributed by atoms with van der Waals surface area (Å²) >= 11 is 2.35. The largest absolute Gasteiger partial charge is 0.481 e. The summed E-state index contributed by atoms with van der Waals surface area (Å²) in [4.78, 5) is 49.0. The van der Waals surface area contributed by atoms with Crippen LogP contribution in [-0.2, 0) is 42.3 Å². The van der Waals surface area contributed by atoms with Crippen molar-refractivity contribution in [3.63, 3.8) is 0 Å². The lowest BCUT2D eigenvalue weighted by atomic mass is 10.0. The molecule has 2 atom stereocenters. The van der Waals surface area contributed by atoms with Crippen LogP contribution in [0.2, 0.25) is 0 Å². The van der Waals surface area contributed by atoms with Crippen LogP contribution >= 0.6 is 23.5 Å². The Hall–Kier alpha value is -3.48. The molecule has 2 amide bonds. The minimum Gasteiger partial charge on any atom is -0.481 e. The second-order valence-corrected chi connectivity index (χ2v) is 11.5. The summed E-state index contributed by atoms with van der Waals surface area (Å²) in [6, 6.07) is 4.39. The van der Waals surface area contributed by atoms with Crippen molar-refractivity contribution in [1.29, 1.82) is 0 Å². The predicted octanol–water partition coefficient (Wildman–Crippen LogP) is -0.532. The lowest BCUT2D eigenvalue weighted by Gasteiger charge is -2.49. The number of amides is 2. The van der Waals surface area contributed by atoms with Crippen molar-refractivity contribution in [2.75, 3.05) is 11.5 Å². The van der Waals surface area contributed by atoms with E-state index in [9.17, 15) is 37.3 Å². The van der Waals surface area contributed by atoms with Crippen LogP contribution in [0.5, 0.6) is 0 Å². The molecular weight excluding hydrogens is 564 g/mol. The average Bonchev–Trinajstić information content (AvgIpc) is 3.31. The van der Waals surface area contributed by atoms with Gasteiger partial charge in [-0.2, -0.15) is 8.42 Å². The Balaban J connectivity index is 1.43. The van der Waals surface area contributed by atoms with Crippen molar-refractivity contribution in [2.24, 2.45) is 0 Å². The maximum Gasteiger partial charge on any atom is 0.352 e. The van der Waals surface area contributed by atoms with Gasteiger partial charge in [-0.25, -0.2) is 9.48 Å². The molecule has 0 spiro atoms. The molecule has 0 aliphatic carbocycles. The second kappa shape index (κ2) is 11.1. The molecule has 38 heavy (non-hydrogen) atoms. The van der Waals surface area contributed by atoms with Crippen LogP contribution in [0.3, 0.4) is 0 Å². The number of rotatable bonds is 11. The summed E-state index contributed by atoms with van der Waals surface area (Å²) in [6.45, 7) is 0.0347. The molecule has 2 aromatic rings. The molecule has 0 radical (unpaired) electrons. The summed E-state index contributed by atoms with van der Waals surface area (Å²) in [5.41, 5.74) is 0.262. The van der Waals surface area contributed by atoms with Gasteiger partial charge in [-0.15, -0.1) is 16.9 Å². The number of aryl methyl sites for hydroxylation is 1. The van der Waals surface area contributed by atoms with Gasteiger partial charge in [0.2, 0.25) is 11.1 Å². The molecule has 1 aromatic carbocycles. The number of thioether (sulfide) groups is 2. The van der Waals surface area contributed by atoms with Crippen molar-refractivity contribution in [2.45, 2.75) is 40.9 Å². The third kappa shape index (κ3) is 5.82. The molecule has 1 saturated heterocycles.